The minimum atomic E-state index is -1.02. The van der Waals surface area contributed by atoms with Crippen molar-refractivity contribution in [3.63, 3.8) is 0 Å². The number of aliphatic carboxylic acids is 1. The Labute approximate surface area is 108 Å². The Kier molecular flexibility index (Phi) is 5.59. The van der Waals surface area contributed by atoms with Crippen LogP contribution >= 0.6 is 0 Å². The van der Waals surface area contributed by atoms with Gasteiger partial charge in [-0.2, -0.15) is 0 Å². The lowest BCUT2D eigenvalue weighted by molar-refractivity contribution is -0.143. The van der Waals surface area contributed by atoms with Gasteiger partial charge >= 0.3 is 5.97 Å². The second kappa shape index (κ2) is 6.73. The number of carboxylic acid groups (broad SMARTS) is 1. The Hall–Kier alpha value is -1.10. The van der Waals surface area contributed by atoms with E-state index in [1.165, 1.54) is 0 Å². The Morgan fingerprint density at radius 1 is 1.33 bits per heavy atom. The van der Waals surface area contributed by atoms with Crippen molar-refractivity contribution in [1.82, 2.24) is 4.90 Å². The number of carbonyl (C=O) groups excluding carboxylic acids is 1. The van der Waals surface area contributed by atoms with Gasteiger partial charge in [0.15, 0.2) is 0 Å². The average Bonchev–Trinajstić information content (AvgIpc) is 2.76. The first-order chi connectivity index (χ1) is 8.41. The van der Waals surface area contributed by atoms with E-state index in [0.717, 1.165) is 25.7 Å². The van der Waals surface area contributed by atoms with Gasteiger partial charge in [0.25, 0.3) is 0 Å². The van der Waals surface area contributed by atoms with E-state index in [0.29, 0.717) is 12.5 Å². The van der Waals surface area contributed by atoms with E-state index in [4.69, 9.17) is 10.8 Å². The molecule has 104 valence electrons. The number of carboxylic acids is 1. The molecule has 0 radical (unpaired) electrons. The van der Waals surface area contributed by atoms with E-state index in [2.05, 4.69) is 13.8 Å². The third-order valence-corrected chi connectivity index (χ3v) is 3.32. The van der Waals surface area contributed by atoms with Gasteiger partial charge in [-0.05, 0) is 18.8 Å². The van der Waals surface area contributed by atoms with Crippen molar-refractivity contribution in [1.29, 1.82) is 0 Å². The lowest BCUT2D eigenvalue weighted by Gasteiger charge is -2.32. The smallest absolute Gasteiger partial charge is 0.305 e. The third-order valence-electron chi connectivity index (χ3n) is 3.32. The molecule has 0 heterocycles. The Morgan fingerprint density at radius 2 is 1.89 bits per heavy atom. The molecule has 1 fully saturated rings. The summed E-state index contributed by atoms with van der Waals surface area (Å²) in [4.78, 5) is 24.7. The summed E-state index contributed by atoms with van der Waals surface area (Å²) >= 11 is 0. The molecule has 1 rings (SSSR count). The molecule has 0 spiro atoms. The lowest BCUT2D eigenvalue weighted by atomic mass is 10.1. The van der Waals surface area contributed by atoms with Crippen LogP contribution in [0.25, 0.3) is 0 Å². The SMILES string of the molecule is CC(C)CN(C(=O)C(N)CC(=O)O)C1CCCC1. The lowest BCUT2D eigenvalue weighted by Crippen LogP contribution is -2.49. The van der Waals surface area contributed by atoms with Gasteiger partial charge in [0, 0.05) is 12.6 Å². The van der Waals surface area contributed by atoms with Crippen molar-refractivity contribution >= 4 is 11.9 Å². The predicted octanol–water partition coefficient (Wildman–Crippen LogP) is 1.22. The molecule has 0 bridgehead atoms. The van der Waals surface area contributed by atoms with Crippen LogP contribution in [-0.4, -0.2) is 40.5 Å². The fraction of sp³-hybridized carbons (Fsp3) is 0.846. The van der Waals surface area contributed by atoms with Gasteiger partial charge < -0.3 is 15.7 Å². The number of amides is 1. The number of carbonyl (C=O) groups is 2. The third kappa shape index (κ3) is 4.29. The minimum Gasteiger partial charge on any atom is -0.481 e. The van der Waals surface area contributed by atoms with Crippen LogP contribution < -0.4 is 5.73 Å². The van der Waals surface area contributed by atoms with Crippen LogP contribution in [0.1, 0.15) is 46.0 Å². The molecule has 1 amide bonds. The molecule has 1 aliphatic rings. The standard InChI is InChI=1S/C13H24N2O3/c1-9(2)8-15(10-5-3-4-6-10)13(18)11(14)7-12(16)17/h9-11H,3-8,14H2,1-2H3,(H,16,17). The number of nitrogens with zero attached hydrogens (tertiary/aromatic N) is 1. The van der Waals surface area contributed by atoms with Crippen molar-refractivity contribution in [3.05, 3.63) is 0 Å². The van der Waals surface area contributed by atoms with Gasteiger partial charge in [-0.15, -0.1) is 0 Å². The van der Waals surface area contributed by atoms with E-state index >= 15 is 0 Å². The fourth-order valence-corrected chi connectivity index (χ4v) is 2.52. The molecule has 1 unspecified atom stereocenters. The molecule has 0 aliphatic heterocycles. The zero-order valence-corrected chi connectivity index (χ0v) is 11.3. The zero-order chi connectivity index (χ0) is 13.7. The quantitative estimate of drug-likeness (QED) is 0.748. The van der Waals surface area contributed by atoms with E-state index in [1.807, 2.05) is 4.90 Å². The summed E-state index contributed by atoms with van der Waals surface area (Å²) in [6, 6.07) is -0.665. The molecule has 1 aliphatic carbocycles. The molecule has 3 N–H and O–H groups in total. The van der Waals surface area contributed by atoms with Gasteiger partial charge in [-0.1, -0.05) is 26.7 Å². The van der Waals surface area contributed by atoms with Crippen LogP contribution in [-0.2, 0) is 9.59 Å². The van der Waals surface area contributed by atoms with Gasteiger partial charge in [0.1, 0.15) is 0 Å². The van der Waals surface area contributed by atoms with Crippen molar-refractivity contribution in [2.24, 2.45) is 11.7 Å². The minimum absolute atomic E-state index is 0.210. The first-order valence-electron chi connectivity index (χ1n) is 6.69. The fourth-order valence-electron chi connectivity index (χ4n) is 2.52. The molecule has 1 saturated carbocycles. The molecule has 18 heavy (non-hydrogen) atoms. The highest BCUT2D eigenvalue weighted by atomic mass is 16.4. The topological polar surface area (TPSA) is 83.6 Å². The maximum atomic E-state index is 12.2. The number of nitrogens with two attached hydrogens (primary N) is 1. The van der Waals surface area contributed by atoms with Crippen LogP contribution in [0.15, 0.2) is 0 Å². The molecule has 5 heteroatoms. The molecular weight excluding hydrogens is 232 g/mol. The van der Waals surface area contributed by atoms with Crippen LogP contribution in [0.4, 0.5) is 0 Å². The first kappa shape index (κ1) is 15.0. The molecule has 0 aromatic rings. The van der Waals surface area contributed by atoms with Crippen LogP contribution in [0.5, 0.6) is 0 Å². The van der Waals surface area contributed by atoms with Gasteiger partial charge in [0.05, 0.1) is 12.5 Å². The summed E-state index contributed by atoms with van der Waals surface area (Å²) in [6.45, 7) is 4.77. The van der Waals surface area contributed by atoms with Gasteiger partial charge in [-0.25, -0.2) is 0 Å². The zero-order valence-electron chi connectivity index (χ0n) is 11.3. The Balaban J connectivity index is 2.68. The van der Waals surface area contributed by atoms with Crippen molar-refractivity contribution in [3.8, 4) is 0 Å². The highest BCUT2D eigenvalue weighted by Gasteiger charge is 2.30. The Bertz CT molecular complexity index is 299. The van der Waals surface area contributed by atoms with Crippen LogP contribution in [0.3, 0.4) is 0 Å². The summed E-state index contributed by atoms with van der Waals surface area (Å²) < 4.78 is 0. The number of hydrogen-bond acceptors (Lipinski definition) is 3. The van der Waals surface area contributed by atoms with E-state index in [1.54, 1.807) is 0 Å². The van der Waals surface area contributed by atoms with Crippen molar-refractivity contribution in [2.45, 2.75) is 58.0 Å². The summed E-state index contributed by atoms with van der Waals surface area (Å²) in [7, 11) is 0. The molecule has 1 atom stereocenters. The molecule has 5 nitrogen and oxygen atoms in total. The molecular formula is C13H24N2O3. The normalized spacial score (nSPS) is 18.0. The summed E-state index contributed by atoms with van der Waals surface area (Å²) in [5.74, 6) is -0.864. The summed E-state index contributed by atoms with van der Waals surface area (Å²) in [5, 5.41) is 8.71. The largest absolute Gasteiger partial charge is 0.481 e. The predicted molar refractivity (Wildman–Crippen MR) is 69.0 cm³/mol. The average molecular weight is 256 g/mol. The second-order valence-electron chi connectivity index (χ2n) is 5.53. The monoisotopic (exact) mass is 256 g/mol. The van der Waals surface area contributed by atoms with E-state index in [-0.39, 0.29) is 18.4 Å². The van der Waals surface area contributed by atoms with Gasteiger partial charge in [0.2, 0.25) is 5.91 Å². The maximum absolute atomic E-state index is 12.2. The maximum Gasteiger partial charge on any atom is 0.305 e. The van der Waals surface area contributed by atoms with Crippen molar-refractivity contribution < 1.29 is 14.7 Å². The van der Waals surface area contributed by atoms with E-state index in [9.17, 15) is 9.59 Å². The van der Waals surface area contributed by atoms with Crippen LogP contribution in [0.2, 0.25) is 0 Å². The molecule has 0 saturated heterocycles. The second-order valence-corrected chi connectivity index (χ2v) is 5.53. The number of hydrogen-bond donors (Lipinski definition) is 2. The number of rotatable bonds is 6. The first-order valence-corrected chi connectivity index (χ1v) is 6.69. The van der Waals surface area contributed by atoms with Gasteiger partial charge in [-0.3, -0.25) is 9.59 Å². The Morgan fingerprint density at radius 3 is 2.33 bits per heavy atom. The van der Waals surface area contributed by atoms with Crippen molar-refractivity contribution in [2.75, 3.05) is 6.54 Å². The highest BCUT2D eigenvalue weighted by molar-refractivity contribution is 5.86. The summed E-state index contributed by atoms with van der Waals surface area (Å²) in [5.41, 5.74) is 5.69. The summed E-state index contributed by atoms with van der Waals surface area (Å²) in [6.07, 6.45) is 4.01. The highest BCUT2D eigenvalue weighted by Crippen LogP contribution is 2.25. The molecule has 0 aromatic heterocycles. The molecule has 0 aromatic carbocycles. The van der Waals surface area contributed by atoms with Crippen LogP contribution in [0, 0.1) is 5.92 Å². The van der Waals surface area contributed by atoms with E-state index < -0.39 is 12.0 Å².